The third-order valence-electron chi connectivity index (χ3n) is 5.89. The Bertz CT molecular complexity index is 795. The monoisotopic (exact) mass is 451 g/mol. The summed E-state index contributed by atoms with van der Waals surface area (Å²) in [5, 5.41) is 12.5. The smallest absolute Gasteiger partial charge is 0.311 e. The number of carbonyl (C=O) groups excluding carboxylic acids is 3. The van der Waals surface area contributed by atoms with Crippen molar-refractivity contribution < 1.29 is 33.7 Å². The largest absolute Gasteiger partial charge is 0.504 e. The van der Waals surface area contributed by atoms with Crippen molar-refractivity contribution >= 4 is 17.8 Å². The lowest BCUT2D eigenvalue weighted by molar-refractivity contribution is -0.162. The highest BCUT2D eigenvalue weighted by Gasteiger charge is 2.45. The summed E-state index contributed by atoms with van der Waals surface area (Å²) in [5.74, 6) is -0.562. The van der Waals surface area contributed by atoms with Crippen molar-refractivity contribution in [1.82, 2.24) is 5.32 Å². The van der Waals surface area contributed by atoms with Crippen LogP contribution in [-0.4, -0.2) is 50.3 Å². The normalized spacial score (nSPS) is 14.6. The van der Waals surface area contributed by atoms with Gasteiger partial charge in [-0.1, -0.05) is 13.0 Å². The van der Waals surface area contributed by atoms with Crippen molar-refractivity contribution in [1.29, 1.82) is 0 Å². The van der Waals surface area contributed by atoms with Gasteiger partial charge >= 0.3 is 11.9 Å². The van der Waals surface area contributed by atoms with E-state index in [0.29, 0.717) is 25.1 Å². The highest BCUT2D eigenvalue weighted by Crippen LogP contribution is 2.41. The average molecular weight is 452 g/mol. The van der Waals surface area contributed by atoms with Gasteiger partial charge in [0.05, 0.1) is 31.7 Å². The van der Waals surface area contributed by atoms with Gasteiger partial charge in [-0.25, -0.2) is 0 Å². The molecule has 2 N–H and O–H groups in total. The summed E-state index contributed by atoms with van der Waals surface area (Å²) < 4.78 is 15.3. The molecule has 1 aromatic carbocycles. The van der Waals surface area contributed by atoms with E-state index in [2.05, 4.69) is 5.32 Å². The van der Waals surface area contributed by atoms with Crippen LogP contribution in [0.4, 0.5) is 0 Å². The van der Waals surface area contributed by atoms with Gasteiger partial charge in [0.1, 0.15) is 0 Å². The number of methoxy groups -OCH3 is 2. The van der Waals surface area contributed by atoms with Crippen LogP contribution in [0.3, 0.4) is 0 Å². The molecule has 32 heavy (non-hydrogen) atoms. The molecule has 0 spiro atoms. The van der Waals surface area contributed by atoms with Crippen LogP contribution in [0.15, 0.2) is 18.2 Å². The summed E-state index contributed by atoms with van der Waals surface area (Å²) in [6, 6.07) is 5.03. The summed E-state index contributed by atoms with van der Waals surface area (Å²) in [6.07, 6.45) is 1.65. The average Bonchev–Trinajstić information content (AvgIpc) is 2.78. The number of rotatable bonds is 13. The molecule has 0 heterocycles. The van der Waals surface area contributed by atoms with E-state index in [0.717, 1.165) is 5.56 Å². The lowest BCUT2D eigenvalue weighted by atomic mass is 9.69. The molecule has 2 unspecified atom stereocenters. The number of benzene rings is 1. The van der Waals surface area contributed by atoms with E-state index in [4.69, 9.17) is 14.2 Å². The van der Waals surface area contributed by atoms with E-state index in [1.54, 1.807) is 39.0 Å². The van der Waals surface area contributed by atoms with Crippen molar-refractivity contribution in [2.75, 3.05) is 27.4 Å². The number of hydrogen-bond donors (Lipinski definition) is 2. The van der Waals surface area contributed by atoms with Gasteiger partial charge < -0.3 is 24.6 Å². The van der Waals surface area contributed by atoms with Gasteiger partial charge in [0, 0.05) is 13.0 Å². The van der Waals surface area contributed by atoms with Crippen LogP contribution in [0.25, 0.3) is 0 Å². The third kappa shape index (κ3) is 7.43. The van der Waals surface area contributed by atoms with Crippen molar-refractivity contribution in [3.05, 3.63) is 23.8 Å². The Labute approximate surface area is 190 Å². The van der Waals surface area contributed by atoms with E-state index >= 15 is 0 Å². The number of phenols is 1. The van der Waals surface area contributed by atoms with E-state index in [-0.39, 0.29) is 43.5 Å². The Hall–Kier alpha value is -2.77. The first-order valence-electron chi connectivity index (χ1n) is 10.9. The molecule has 0 aromatic heterocycles. The Morgan fingerprint density at radius 2 is 1.75 bits per heavy atom. The van der Waals surface area contributed by atoms with E-state index in [9.17, 15) is 19.5 Å². The first-order valence-corrected chi connectivity index (χ1v) is 10.9. The van der Waals surface area contributed by atoms with Crippen molar-refractivity contribution in [2.24, 2.45) is 10.8 Å². The summed E-state index contributed by atoms with van der Waals surface area (Å²) in [7, 11) is 2.81. The summed E-state index contributed by atoms with van der Waals surface area (Å²) in [5.41, 5.74) is -0.950. The standard InChI is InChI=1S/C24H37NO7/c1-7-23(3,21(28)31-6)16-24(4,22(29)32-8-2)13-11-20(27)25-14-12-17-9-10-18(26)19(15-17)30-5/h9-10,15,26H,7-8,11-14,16H2,1-6H3,(H,25,27). The number of phenolic OH excluding ortho intramolecular Hbond substituents is 1. The minimum absolute atomic E-state index is 0.0598. The summed E-state index contributed by atoms with van der Waals surface area (Å²) in [6.45, 7) is 7.71. The molecule has 0 aliphatic carbocycles. The van der Waals surface area contributed by atoms with Crippen molar-refractivity contribution in [2.45, 2.75) is 59.8 Å². The second-order valence-corrected chi connectivity index (χ2v) is 8.47. The quantitative estimate of drug-likeness (QED) is 0.442. The van der Waals surface area contributed by atoms with Gasteiger partial charge in [0.25, 0.3) is 0 Å². The zero-order valence-electron chi connectivity index (χ0n) is 20.1. The van der Waals surface area contributed by atoms with E-state index < -0.39 is 16.8 Å². The minimum atomic E-state index is -1.00. The second-order valence-electron chi connectivity index (χ2n) is 8.47. The Morgan fingerprint density at radius 1 is 1.06 bits per heavy atom. The first kappa shape index (κ1) is 27.3. The molecule has 0 saturated carbocycles. The number of amides is 1. The predicted octanol–water partition coefficient (Wildman–Crippen LogP) is 3.39. The van der Waals surface area contributed by atoms with Gasteiger partial charge in [-0.3, -0.25) is 14.4 Å². The zero-order valence-corrected chi connectivity index (χ0v) is 20.1. The fourth-order valence-corrected chi connectivity index (χ4v) is 3.72. The Morgan fingerprint density at radius 3 is 2.31 bits per heavy atom. The van der Waals surface area contributed by atoms with Crippen LogP contribution in [0.2, 0.25) is 0 Å². The molecule has 1 rings (SSSR count). The number of esters is 2. The highest BCUT2D eigenvalue weighted by atomic mass is 16.5. The zero-order chi connectivity index (χ0) is 24.4. The van der Waals surface area contributed by atoms with Crippen LogP contribution in [0.1, 0.15) is 58.9 Å². The molecule has 2 atom stereocenters. The molecular formula is C24H37NO7. The molecule has 8 nitrogen and oxygen atoms in total. The lowest BCUT2D eigenvalue weighted by Gasteiger charge is -2.35. The summed E-state index contributed by atoms with van der Waals surface area (Å²) >= 11 is 0. The number of nitrogens with one attached hydrogen (secondary N) is 1. The molecule has 1 aromatic rings. The van der Waals surface area contributed by atoms with Gasteiger partial charge in [-0.2, -0.15) is 0 Å². The molecule has 0 fully saturated rings. The van der Waals surface area contributed by atoms with Gasteiger partial charge in [-0.05, 0) is 64.2 Å². The molecule has 180 valence electrons. The Balaban J connectivity index is 2.75. The molecule has 0 saturated heterocycles. The molecule has 0 radical (unpaired) electrons. The van der Waals surface area contributed by atoms with Crippen LogP contribution in [-0.2, 0) is 30.3 Å². The maximum absolute atomic E-state index is 12.7. The van der Waals surface area contributed by atoms with E-state index in [1.165, 1.54) is 14.2 Å². The van der Waals surface area contributed by atoms with Gasteiger partial charge in [-0.15, -0.1) is 0 Å². The highest BCUT2D eigenvalue weighted by molar-refractivity contribution is 5.82. The maximum Gasteiger partial charge on any atom is 0.311 e. The number of ether oxygens (including phenoxy) is 3. The molecule has 1 amide bonds. The first-order chi connectivity index (χ1) is 15.0. The predicted molar refractivity (Wildman–Crippen MR) is 120 cm³/mol. The van der Waals surface area contributed by atoms with Gasteiger partial charge in [0.2, 0.25) is 5.91 Å². The van der Waals surface area contributed by atoms with E-state index in [1.807, 2.05) is 6.92 Å². The maximum atomic E-state index is 12.7. The van der Waals surface area contributed by atoms with Crippen molar-refractivity contribution in [3.63, 3.8) is 0 Å². The molecule has 0 aliphatic heterocycles. The van der Waals surface area contributed by atoms with Crippen LogP contribution >= 0.6 is 0 Å². The SMILES string of the molecule is CCOC(=O)C(C)(CCC(=O)NCCc1ccc(O)c(OC)c1)CC(C)(CC)C(=O)OC. The van der Waals surface area contributed by atoms with Crippen molar-refractivity contribution in [3.8, 4) is 11.5 Å². The Kier molecular flexibility index (Phi) is 10.5. The molecule has 0 bridgehead atoms. The topological polar surface area (TPSA) is 111 Å². The number of aromatic hydroxyl groups is 1. The molecular weight excluding hydrogens is 414 g/mol. The summed E-state index contributed by atoms with van der Waals surface area (Å²) in [4.78, 5) is 37.5. The minimum Gasteiger partial charge on any atom is -0.504 e. The fourth-order valence-electron chi connectivity index (χ4n) is 3.72. The molecule has 0 aliphatic rings. The molecule has 8 heteroatoms. The number of carbonyl (C=O) groups is 3. The van der Waals surface area contributed by atoms with Gasteiger partial charge in [0.15, 0.2) is 11.5 Å². The number of hydrogen-bond acceptors (Lipinski definition) is 7. The second kappa shape index (κ2) is 12.3. The third-order valence-corrected chi connectivity index (χ3v) is 5.89. The van der Waals surface area contributed by atoms with Crippen LogP contribution in [0.5, 0.6) is 11.5 Å². The van der Waals surface area contributed by atoms with Crippen LogP contribution in [0, 0.1) is 10.8 Å². The lowest BCUT2D eigenvalue weighted by Crippen LogP contribution is -2.41. The fraction of sp³-hybridized carbons (Fsp3) is 0.625. The van der Waals surface area contributed by atoms with Crippen LogP contribution < -0.4 is 10.1 Å².